The molecule has 6 rings (SSSR count). The molecular formula is C26H21N7O5S2. The van der Waals surface area contributed by atoms with Crippen LogP contribution in [0, 0.1) is 13.8 Å². The Kier molecular flexibility index (Phi) is 5.55. The van der Waals surface area contributed by atoms with E-state index >= 15 is 0 Å². The Labute approximate surface area is 228 Å². The van der Waals surface area contributed by atoms with Gasteiger partial charge >= 0.3 is 0 Å². The average molecular weight is 576 g/mol. The number of nitrogens with two attached hydrogens (primary N) is 2. The van der Waals surface area contributed by atoms with Crippen molar-refractivity contribution in [2.24, 2.45) is 15.3 Å². The maximum atomic E-state index is 13.9. The molecule has 0 radical (unpaired) electrons. The third-order valence-electron chi connectivity index (χ3n) is 6.56. The predicted octanol–water partition coefficient (Wildman–Crippen LogP) is 2.25. The molecule has 202 valence electrons. The number of amidine groups is 1. The lowest BCUT2D eigenvalue weighted by molar-refractivity contribution is 0.0954. The zero-order chi connectivity index (χ0) is 28.6. The maximum Gasteiger partial charge on any atom is 0.285 e. The van der Waals surface area contributed by atoms with Gasteiger partial charge in [0, 0.05) is 11.1 Å². The van der Waals surface area contributed by atoms with Gasteiger partial charge in [-0.2, -0.15) is 13.5 Å². The summed E-state index contributed by atoms with van der Waals surface area (Å²) in [7, 11) is -7.83. The molecule has 40 heavy (non-hydrogen) atoms. The van der Waals surface area contributed by atoms with Crippen molar-refractivity contribution in [2.45, 2.75) is 23.6 Å². The molecular weight excluding hydrogens is 554 g/mol. The van der Waals surface area contributed by atoms with Crippen molar-refractivity contribution in [1.29, 1.82) is 0 Å². The van der Waals surface area contributed by atoms with Crippen molar-refractivity contribution in [3.05, 3.63) is 89.5 Å². The third-order valence-corrected chi connectivity index (χ3v) is 8.88. The Balaban J connectivity index is 1.45. The number of hydrogen-bond acceptors (Lipinski definition) is 8. The van der Waals surface area contributed by atoms with Crippen LogP contribution in [0.25, 0.3) is 27.8 Å². The summed E-state index contributed by atoms with van der Waals surface area (Å²) in [6.07, 6.45) is 0. The quantitative estimate of drug-likeness (QED) is 0.327. The molecule has 0 unspecified atom stereocenters. The van der Waals surface area contributed by atoms with Crippen LogP contribution >= 0.6 is 0 Å². The minimum Gasteiger partial charge on any atom is -0.382 e. The number of carbonyl (C=O) groups excluding carboxylic acids is 1. The van der Waals surface area contributed by atoms with Crippen molar-refractivity contribution in [3.63, 3.8) is 0 Å². The fourth-order valence-electron chi connectivity index (χ4n) is 4.84. The molecule has 3 aromatic carbocycles. The smallest absolute Gasteiger partial charge is 0.285 e. The summed E-state index contributed by atoms with van der Waals surface area (Å²) < 4.78 is 55.0. The predicted molar refractivity (Wildman–Crippen MR) is 147 cm³/mol. The van der Waals surface area contributed by atoms with Crippen LogP contribution in [0.2, 0.25) is 0 Å². The number of hydrogen-bond donors (Lipinski definition) is 2. The van der Waals surface area contributed by atoms with Crippen LogP contribution in [0.5, 0.6) is 0 Å². The number of nitrogens with zero attached hydrogens (tertiary/aromatic N) is 5. The normalized spacial score (nSPS) is 14.3. The van der Waals surface area contributed by atoms with Crippen LogP contribution < -0.4 is 10.9 Å². The minimum atomic E-state index is -3.97. The Bertz CT molecular complexity index is 2160. The summed E-state index contributed by atoms with van der Waals surface area (Å²) in [4.78, 5) is 18.4. The lowest BCUT2D eigenvalue weighted by Gasteiger charge is -2.11. The highest BCUT2D eigenvalue weighted by atomic mass is 32.2. The van der Waals surface area contributed by atoms with Crippen LogP contribution in [0.1, 0.15) is 27.6 Å². The number of aryl methyl sites for hydroxylation is 2. The number of rotatable bonds is 4. The Morgan fingerprint density at radius 2 is 1.70 bits per heavy atom. The summed E-state index contributed by atoms with van der Waals surface area (Å²) in [6.45, 7) is 3.41. The number of imidazole rings is 1. The number of aromatic nitrogens is 4. The van der Waals surface area contributed by atoms with Gasteiger partial charge in [-0.15, -0.1) is 4.40 Å². The van der Waals surface area contributed by atoms with Gasteiger partial charge in [-0.1, -0.05) is 24.3 Å². The van der Waals surface area contributed by atoms with E-state index in [2.05, 4.69) is 14.5 Å². The lowest BCUT2D eigenvalue weighted by Crippen LogP contribution is -2.18. The molecule has 2 aromatic heterocycles. The first-order chi connectivity index (χ1) is 18.8. The molecule has 1 aliphatic rings. The topological polar surface area (TPSA) is 185 Å². The van der Waals surface area contributed by atoms with E-state index in [-0.39, 0.29) is 26.9 Å². The second kappa shape index (κ2) is 8.67. The molecule has 0 atom stereocenters. The first-order valence-corrected chi connectivity index (χ1v) is 14.8. The molecule has 0 aliphatic carbocycles. The Morgan fingerprint density at radius 1 is 0.950 bits per heavy atom. The SMILES string of the molecule is Cc1cc(C(=O)n2c(C)nc3cc(-c4ccccc4S(N)(=O)=O)ccc32)n(-c2ccc3c(c2)C(N)=NS3(=O)=O)n1. The van der Waals surface area contributed by atoms with Gasteiger partial charge in [-0.25, -0.2) is 23.2 Å². The van der Waals surface area contributed by atoms with Gasteiger partial charge < -0.3 is 5.73 Å². The highest BCUT2D eigenvalue weighted by molar-refractivity contribution is 7.90. The molecule has 3 heterocycles. The van der Waals surface area contributed by atoms with Crippen LogP contribution in [-0.2, 0) is 20.0 Å². The number of benzene rings is 3. The van der Waals surface area contributed by atoms with Gasteiger partial charge in [0.2, 0.25) is 10.0 Å². The summed E-state index contributed by atoms with van der Waals surface area (Å²) in [5.41, 5.74) is 9.23. The highest BCUT2D eigenvalue weighted by Crippen LogP contribution is 2.31. The lowest BCUT2D eigenvalue weighted by atomic mass is 10.1. The van der Waals surface area contributed by atoms with Crippen LogP contribution in [0.15, 0.2) is 80.9 Å². The maximum absolute atomic E-state index is 13.9. The van der Waals surface area contributed by atoms with E-state index in [1.54, 1.807) is 56.3 Å². The molecule has 4 N–H and O–H groups in total. The molecule has 0 amide bonds. The first-order valence-electron chi connectivity index (χ1n) is 11.8. The Hall–Kier alpha value is -4.66. The fraction of sp³-hybridized carbons (Fsp3) is 0.0769. The molecule has 12 nitrogen and oxygen atoms in total. The van der Waals surface area contributed by atoms with E-state index < -0.39 is 26.0 Å². The largest absolute Gasteiger partial charge is 0.382 e. The van der Waals surface area contributed by atoms with Crippen LogP contribution in [0.4, 0.5) is 0 Å². The van der Waals surface area contributed by atoms with Gasteiger partial charge in [-0.3, -0.25) is 9.36 Å². The summed E-state index contributed by atoms with van der Waals surface area (Å²) in [6, 6.07) is 17.5. The third kappa shape index (κ3) is 4.00. The number of fused-ring (bicyclic) bond motifs is 2. The molecule has 5 aromatic rings. The zero-order valence-corrected chi connectivity index (χ0v) is 22.7. The molecule has 0 saturated carbocycles. The van der Waals surface area contributed by atoms with Crippen molar-refractivity contribution in [2.75, 3.05) is 0 Å². The molecule has 1 aliphatic heterocycles. The van der Waals surface area contributed by atoms with E-state index in [4.69, 9.17) is 10.9 Å². The van der Waals surface area contributed by atoms with Crippen molar-refractivity contribution < 1.29 is 21.6 Å². The summed E-state index contributed by atoms with van der Waals surface area (Å²) in [5.74, 6) is -0.156. The van der Waals surface area contributed by atoms with Crippen molar-refractivity contribution in [1.82, 2.24) is 19.3 Å². The number of sulfonamides is 2. The van der Waals surface area contributed by atoms with E-state index in [0.717, 1.165) is 0 Å². The van der Waals surface area contributed by atoms with Crippen molar-refractivity contribution >= 4 is 42.8 Å². The average Bonchev–Trinajstić information content (AvgIpc) is 3.52. The highest BCUT2D eigenvalue weighted by Gasteiger charge is 2.29. The number of primary sulfonamides is 1. The van der Waals surface area contributed by atoms with Gasteiger partial charge in [0.25, 0.3) is 15.9 Å². The van der Waals surface area contributed by atoms with Crippen LogP contribution in [0.3, 0.4) is 0 Å². The zero-order valence-electron chi connectivity index (χ0n) is 21.1. The van der Waals surface area contributed by atoms with Gasteiger partial charge in [0.05, 0.1) is 27.3 Å². The standard InChI is InChI=1S/C26H21N7O5S2/c1-14-11-22(33(30-14)17-8-10-24-19(13-17)25(27)31-40(24,37)38)26(34)32-15(2)29-20-12-16(7-9-21(20)32)18-5-3-4-6-23(18)39(28,35)36/h3-13H,1-2H3,(H2,27,31)(H2,28,35,36). The van der Waals surface area contributed by atoms with E-state index in [9.17, 15) is 21.6 Å². The molecule has 0 spiro atoms. The Morgan fingerprint density at radius 3 is 2.45 bits per heavy atom. The van der Waals surface area contributed by atoms with Gasteiger partial charge in [0.15, 0.2) is 0 Å². The summed E-state index contributed by atoms with van der Waals surface area (Å²) >= 11 is 0. The van der Waals surface area contributed by atoms with Gasteiger partial charge in [-0.05, 0) is 61.9 Å². The van der Waals surface area contributed by atoms with E-state index in [1.807, 2.05) is 0 Å². The second-order valence-electron chi connectivity index (χ2n) is 9.26. The molecule has 14 heteroatoms. The minimum absolute atomic E-state index is 0.0123. The van der Waals surface area contributed by atoms with E-state index in [1.165, 1.54) is 33.5 Å². The first kappa shape index (κ1) is 25.6. The molecule has 0 saturated heterocycles. The summed E-state index contributed by atoms with van der Waals surface area (Å²) in [5, 5.41) is 9.87. The fourth-order valence-corrected chi connectivity index (χ4v) is 6.74. The molecule has 0 fully saturated rings. The van der Waals surface area contributed by atoms with Crippen LogP contribution in [-0.4, -0.2) is 47.9 Å². The monoisotopic (exact) mass is 575 g/mol. The van der Waals surface area contributed by atoms with E-state index in [0.29, 0.717) is 39.4 Å². The second-order valence-corrected chi connectivity index (χ2v) is 12.4. The molecule has 0 bridgehead atoms. The number of carbonyl (C=O) groups is 1. The van der Waals surface area contributed by atoms with Gasteiger partial charge in [0.1, 0.15) is 22.2 Å². The van der Waals surface area contributed by atoms with Crippen molar-refractivity contribution in [3.8, 4) is 16.8 Å².